The molecule has 10 heteroatoms. The van der Waals surface area contributed by atoms with Crippen LogP contribution in [0.2, 0.25) is 0 Å². The molecule has 9 nitrogen and oxygen atoms in total. The standard InChI is InChI=1S/C28H35N7O2S/c1-32-14-16-34(17-15-32)25-11-6-8-22(18-25)19-27-30-28-26(12-7-13-35(28)31-27)29-20-23-9-4-5-10-24(23)21-33(2)38(3,36)37/h4-13,18,29H,14-17,19-21H2,1-3H3. The van der Waals surface area contributed by atoms with Gasteiger partial charge in [0.1, 0.15) is 0 Å². The number of pyridine rings is 1. The molecule has 2 aromatic heterocycles. The SMILES string of the molecule is CN1CCN(c2cccc(Cc3nc4c(NCc5ccccc5CN(C)S(C)(=O)=O)cccn4n3)c2)CC1. The minimum atomic E-state index is -3.26. The molecule has 0 bridgehead atoms. The van der Waals surface area contributed by atoms with E-state index in [0.29, 0.717) is 19.5 Å². The van der Waals surface area contributed by atoms with Crippen LogP contribution in [0.15, 0.2) is 66.9 Å². The van der Waals surface area contributed by atoms with Crippen LogP contribution in [-0.2, 0) is 29.5 Å². The summed E-state index contributed by atoms with van der Waals surface area (Å²) in [6.07, 6.45) is 3.79. The van der Waals surface area contributed by atoms with Crippen molar-refractivity contribution in [1.82, 2.24) is 23.8 Å². The van der Waals surface area contributed by atoms with Gasteiger partial charge in [0.25, 0.3) is 0 Å². The molecule has 0 radical (unpaired) electrons. The lowest BCUT2D eigenvalue weighted by Crippen LogP contribution is -2.44. The van der Waals surface area contributed by atoms with Gasteiger partial charge in [-0.1, -0.05) is 36.4 Å². The monoisotopic (exact) mass is 533 g/mol. The molecular formula is C28H35N7O2S. The van der Waals surface area contributed by atoms with E-state index >= 15 is 0 Å². The van der Waals surface area contributed by atoms with Crippen LogP contribution in [-0.4, -0.2) is 78.8 Å². The number of sulfonamides is 1. The molecule has 5 rings (SSSR count). The van der Waals surface area contributed by atoms with Crippen LogP contribution in [0.1, 0.15) is 22.5 Å². The average Bonchev–Trinajstić information content (AvgIpc) is 3.31. The molecule has 0 unspecified atom stereocenters. The first-order valence-corrected chi connectivity index (χ1v) is 14.7. The Balaban J connectivity index is 1.31. The molecule has 0 saturated carbocycles. The fourth-order valence-corrected chi connectivity index (χ4v) is 5.08. The van der Waals surface area contributed by atoms with Crippen molar-refractivity contribution in [2.24, 2.45) is 0 Å². The van der Waals surface area contributed by atoms with Crippen molar-refractivity contribution in [1.29, 1.82) is 0 Å². The fraction of sp³-hybridized carbons (Fsp3) is 0.357. The summed E-state index contributed by atoms with van der Waals surface area (Å²) in [5.74, 6) is 0.768. The number of fused-ring (bicyclic) bond motifs is 1. The molecule has 2 aromatic carbocycles. The van der Waals surface area contributed by atoms with E-state index in [-0.39, 0.29) is 0 Å². The van der Waals surface area contributed by atoms with Crippen molar-refractivity contribution in [3.05, 3.63) is 89.4 Å². The van der Waals surface area contributed by atoms with Gasteiger partial charge in [0.15, 0.2) is 11.5 Å². The quantitative estimate of drug-likeness (QED) is 0.354. The number of hydrogen-bond acceptors (Lipinski definition) is 7. The highest BCUT2D eigenvalue weighted by Gasteiger charge is 2.16. The molecule has 0 aliphatic carbocycles. The molecule has 4 aromatic rings. The lowest BCUT2D eigenvalue weighted by molar-refractivity contribution is 0.313. The highest BCUT2D eigenvalue weighted by molar-refractivity contribution is 7.88. The van der Waals surface area contributed by atoms with Crippen molar-refractivity contribution in [2.45, 2.75) is 19.5 Å². The molecular weight excluding hydrogens is 498 g/mol. The second-order valence-electron chi connectivity index (χ2n) is 10.00. The van der Waals surface area contributed by atoms with Crippen molar-refractivity contribution < 1.29 is 8.42 Å². The van der Waals surface area contributed by atoms with Crippen molar-refractivity contribution >= 4 is 27.0 Å². The molecule has 38 heavy (non-hydrogen) atoms. The summed E-state index contributed by atoms with van der Waals surface area (Å²) in [5, 5.41) is 8.22. The number of aromatic nitrogens is 3. The summed E-state index contributed by atoms with van der Waals surface area (Å²) in [7, 11) is 0.504. The van der Waals surface area contributed by atoms with E-state index in [1.54, 1.807) is 7.05 Å². The number of rotatable bonds is 9. The number of nitrogens with one attached hydrogen (secondary N) is 1. The molecule has 1 saturated heterocycles. The summed E-state index contributed by atoms with van der Waals surface area (Å²) in [4.78, 5) is 9.66. The Kier molecular flexibility index (Phi) is 7.64. The molecule has 1 aliphatic heterocycles. The molecule has 0 amide bonds. The number of likely N-dealkylation sites (N-methyl/N-ethyl adjacent to an activating group) is 1. The summed E-state index contributed by atoms with van der Waals surface area (Å²) in [6, 6.07) is 20.5. The second kappa shape index (κ2) is 11.1. The smallest absolute Gasteiger partial charge is 0.211 e. The van der Waals surface area contributed by atoms with Gasteiger partial charge in [0, 0.05) is 64.6 Å². The summed E-state index contributed by atoms with van der Waals surface area (Å²) < 4.78 is 27.0. The average molecular weight is 534 g/mol. The van der Waals surface area contributed by atoms with Crippen molar-refractivity contribution in [3.8, 4) is 0 Å². The number of hydrogen-bond donors (Lipinski definition) is 1. The number of nitrogens with zero attached hydrogens (tertiary/aromatic N) is 6. The lowest BCUT2D eigenvalue weighted by Gasteiger charge is -2.34. The van der Waals surface area contributed by atoms with E-state index < -0.39 is 10.0 Å². The Morgan fingerprint density at radius 3 is 2.50 bits per heavy atom. The Bertz CT molecular complexity index is 1510. The van der Waals surface area contributed by atoms with Gasteiger partial charge in [0.2, 0.25) is 10.0 Å². The zero-order valence-corrected chi connectivity index (χ0v) is 23.0. The first kappa shape index (κ1) is 26.1. The van der Waals surface area contributed by atoms with Crippen LogP contribution in [0.5, 0.6) is 0 Å². The van der Waals surface area contributed by atoms with E-state index in [9.17, 15) is 8.42 Å². The minimum absolute atomic E-state index is 0.323. The Labute approximate surface area is 224 Å². The third kappa shape index (κ3) is 6.15. The maximum absolute atomic E-state index is 11.9. The first-order chi connectivity index (χ1) is 18.3. The summed E-state index contributed by atoms with van der Waals surface area (Å²) in [6.45, 7) is 5.09. The molecule has 1 fully saturated rings. The summed E-state index contributed by atoms with van der Waals surface area (Å²) in [5.41, 5.74) is 6.08. The Hall–Kier alpha value is -3.47. The van der Waals surface area contributed by atoms with E-state index in [1.807, 2.05) is 47.1 Å². The number of benzene rings is 2. The molecule has 1 aliphatic rings. The molecule has 1 N–H and O–H groups in total. The third-order valence-corrected chi connectivity index (χ3v) is 8.36. The van der Waals surface area contributed by atoms with Gasteiger partial charge in [-0.15, -0.1) is 0 Å². The lowest BCUT2D eigenvalue weighted by atomic mass is 10.1. The van der Waals surface area contributed by atoms with Gasteiger partial charge >= 0.3 is 0 Å². The molecule has 200 valence electrons. The van der Waals surface area contributed by atoms with Crippen LogP contribution in [0, 0.1) is 0 Å². The first-order valence-electron chi connectivity index (χ1n) is 12.8. The van der Waals surface area contributed by atoms with E-state index in [1.165, 1.54) is 21.8 Å². The van der Waals surface area contributed by atoms with Crippen LogP contribution in [0.4, 0.5) is 11.4 Å². The highest BCUT2D eigenvalue weighted by atomic mass is 32.2. The maximum atomic E-state index is 11.9. The summed E-state index contributed by atoms with van der Waals surface area (Å²) >= 11 is 0. The zero-order valence-electron chi connectivity index (χ0n) is 22.2. The number of piperazine rings is 1. The van der Waals surface area contributed by atoms with Gasteiger partial charge in [-0.2, -0.15) is 5.10 Å². The van der Waals surface area contributed by atoms with Gasteiger partial charge in [0.05, 0.1) is 11.9 Å². The van der Waals surface area contributed by atoms with Crippen LogP contribution >= 0.6 is 0 Å². The Morgan fingerprint density at radius 2 is 1.74 bits per heavy atom. The third-order valence-electron chi connectivity index (χ3n) is 7.09. The van der Waals surface area contributed by atoms with Crippen LogP contribution in [0.25, 0.3) is 5.65 Å². The minimum Gasteiger partial charge on any atom is -0.378 e. The van der Waals surface area contributed by atoms with Gasteiger partial charge in [-0.3, -0.25) is 0 Å². The highest BCUT2D eigenvalue weighted by Crippen LogP contribution is 2.22. The largest absolute Gasteiger partial charge is 0.378 e. The van der Waals surface area contributed by atoms with Crippen LogP contribution in [0.3, 0.4) is 0 Å². The van der Waals surface area contributed by atoms with Gasteiger partial charge in [-0.05, 0) is 48.0 Å². The zero-order chi connectivity index (χ0) is 26.7. The van der Waals surface area contributed by atoms with Crippen molar-refractivity contribution in [2.75, 3.05) is 56.7 Å². The van der Waals surface area contributed by atoms with E-state index in [0.717, 1.165) is 54.5 Å². The number of anilines is 2. The van der Waals surface area contributed by atoms with Gasteiger partial charge in [-0.25, -0.2) is 22.2 Å². The molecule has 0 atom stereocenters. The fourth-order valence-electron chi connectivity index (χ4n) is 4.71. The predicted molar refractivity (Wildman–Crippen MR) is 152 cm³/mol. The topological polar surface area (TPSA) is 86.1 Å². The second-order valence-corrected chi connectivity index (χ2v) is 12.1. The van der Waals surface area contributed by atoms with Gasteiger partial charge < -0.3 is 15.1 Å². The molecule has 0 spiro atoms. The van der Waals surface area contributed by atoms with E-state index in [4.69, 9.17) is 10.1 Å². The van der Waals surface area contributed by atoms with Crippen LogP contribution < -0.4 is 10.2 Å². The normalized spacial score (nSPS) is 14.9. The van der Waals surface area contributed by atoms with E-state index in [2.05, 4.69) is 46.4 Å². The maximum Gasteiger partial charge on any atom is 0.211 e. The Morgan fingerprint density at radius 1 is 0.974 bits per heavy atom. The van der Waals surface area contributed by atoms with Crippen molar-refractivity contribution in [3.63, 3.8) is 0 Å². The molecule has 3 heterocycles. The predicted octanol–water partition coefficient (Wildman–Crippen LogP) is 3.08.